The molecule has 0 aliphatic rings. The molecule has 4 heteroatoms. The van der Waals surface area contributed by atoms with Crippen molar-refractivity contribution in [3.63, 3.8) is 0 Å². The molecule has 0 saturated heterocycles. The predicted molar refractivity (Wildman–Crippen MR) is 86.3 cm³/mol. The van der Waals surface area contributed by atoms with Crippen LogP contribution < -0.4 is 16.0 Å². The smallest absolute Gasteiger partial charge is 0.251 e. The van der Waals surface area contributed by atoms with E-state index in [0.29, 0.717) is 13.1 Å². The molecular formula is C17H20N2O2. The van der Waals surface area contributed by atoms with Gasteiger partial charge in [0.05, 0.1) is 7.11 Å². The number of benzene rings is 1. The van der Waals surface area contributed by atoms with Crippen molar-refractivity contribution >= 4 is 12.2 Å². The molecule has 0 unspecified atom stereocenters. The molecule has 0 amide bonds. The Morgan fingerprint density at radius 3 is 2.62 bits per heavy atom. The molecule has 0 bridgehead atoms. The van der Waals surface area contributed by atoms with Gasteiger partial charge in [-0.1, -0.05) is 24.3 Å². The lowest BCUT2D eigenvalue weighted by atomic mass is 10.1. The lowest BCUT2D eigenvalue weighted by Crippen LogP contribution is -2.20. The van der Waals surface area contributed by atoms with Gasteiger partial charge in [-0.15, -0.1) is 0 Å². The Balaban J connectivity index is 2.13. The number of hydrogen-bond donors (Lipinski definition) is 1. The van der Waals surface area contributed by atoms with E-state index in [1.165, 1.54) is 0 Å². The summed E-state index contributed by atoms with van der Waals surface area (Å²) in [5, 5.41) is 0. The van der Waals surface area contributed by atoms with E-state index < -0.39 is 0 Å². The van der Waals surface area contributed by atoms with E-state index in [4.69, 9.17) is 10.5 Å². The van der Waals surface area contributed by atoms with Crippen LogP contribution in [0.5, 0.6) is 5.75 Å². The van der Waals surface area contributed by atoms with E-state index in [0.717, 1.165) is 23.3 Å². The molecule has 4 nitrogen and oxygen atoms in total. The molecule has 1 heterocycles. The summed E-state index contributed by atoms with van der Waals surface area (Å²) in [5.74, 6) is 0.814. The Bertz CT molecular complexity index is 674. The number of nitrogens with zero attached hydrogens (tertiary/aromatic N) is 1. The Labute approximate surface area is 124 Å². The second kappa shape index (κ2) is 7.45. The topological polar surface area (TPSA) is 57.2 Å². The predicted octanol–water partition coefficient (Wildman–Crippen LogP) is 2.38. The lowest BCUT2D eigenvalue weighted by Gasteiger charge is -2.04. The third kappa shape index (κ3) is 4.33. The van der Waals surface area contributed by atoms with Crippen LogP contribution in [0.4, 0.5) is 0 Å². The van der Waals surface area contributed by atoms with E-state index >= 15 is 0 Å². The first-order valence-electron chi connectivity index (χ1n) is 6.95. The van der Waals surface area contributed by atoms with E-state index in [1.807, 2.05) is 48.7 Å². The molecule has 21 heavy (non-hydrogen) atoms. The maximum absolute atomic E-state index is 11.9. The molecule has 0 saturated carbocycles. The van der Waals surface area contributed by atoms with Gasteiger partial charge < -0.3 is 15.0 Å². The first-order chi connectivity index (χ1) is 10.2. The molecule has 2 rings (SSSR count). The summed E-state index contributed by atoms with van der Waals surface area (Å²) in [6.45, 7) is 1.25. The Morgan fingerprint density at radius 2 is 1.95 bits per heavy atom. The van der Waals surface area contributed by atoms with Crippen molar-refractivity contribution in [2.24, 2.45) is 5.73 Å². The normalized spacial score (nSPS) is 11.0. The van der Waals surface area contributed by atoms with E-state index in [9.17, 15) is 4.79 Å². The second-order valence-electron chi connectivity index (χ2n) is 4.74. The monoisotopic (exact) mass is 284 g/mol. The number of aromatic nitrogens is 1. The summed E-state index contributed by atoms with van der Waals surface area (Å²) in [6, 6.07) is 11.3. The second-order valence-corrected chi connectivity index (χ2v) is 4.74. The number of methoxy groups -OCH3 is 1. The SMILES string of the molecule is COc1cccc(/C=C/c2ccn(CCCN)c(=O)c2)c1. The summed E-state index contributed by atoms with van der Waals surface area (Å²) < 4.78 is 6.86. The van der Waals surface area contributed by atoms with Crippen LogP contribution in [0.2, 0.25) is 0 Å². The van der Waals surface area contributed by atoms with Gasteiger partial charge in [0.2, 0.25) is 0 Å². The summed E-state index contributed by atoms with van der Waals surface area (Å²) >= 11 is 0. The van der Waals surface area contributed by atoms with Gasteiger partial charge in [-0.3, -0.25) is 4.79 Å². The van der Waals surface area contributed by atoms with Gasteiger partial charge in [0, 0.05) is 18.8 Å². The van der Waals surface area contributed by atoms with Crippen molar-refractivity contribution in [1.82, 2.24) is 4.57 Å². The van der Waals surface area contributed by atoms with Crippen molar-refractivity contribution < 1.29 is 4.74 Å². The number of pyridine rings is 1. The highest BCUT2D eigenvalue weighted by Crippen LogP contribution is 2.14. The van der Waals surface area contributed by atoms with Gasteiger partial charge in [0.15, 0.2) is 0 Å². The van der Waals surface area contributed by atoms with Crippen LogP contribution in [0.15, 0.2) is 47.4 Å². The number of hydrogen-bond acceptors (Lipinski definition) is 3. The highest BCUT2D eigenvalue weighted by Gasteiger charge is 1.97. The van der Waals surface area contributed by atoms with Crippen LogP contribution in [0, 0.1) is 0 Å². The van der Waals surface area contributed by atoms with Gasteiger partial charge in [-0.25, -0.2) is 0 Å². The Hall–Kier alpha value is -2.33. The average Bonchev–Trinajstić information content (AvgIpc) is 2.52. The van der Waals surface area contributed by atoms with Gasteiger partial charge in [0.1, 0.15) is 5.75 Å². The Kier molecular flexibility index (Phi) is 5.35. The van der Waals surface area contributed by atoms with Crippen molar-refractivity contribution in [2.45, 2.75) is 13.0 Å². The zero-order valence-corrected chi connectivity index (χ0v) is 12.2. The summed E-state index contributed by atoms with van der Waals surface area (Å²) in [7, 11) is 1.64. The number of aryl methyl sites for hydroxylation is 1. The molecule has 2 aromatic rings. The molecule has 0 aliphatic heterocycles. The maximum atomic E-state index is 11.9. The molecule has 0 fully saturated rings. The first kappa shape index (κ1) is 15.1. The van der Waals surface area contributed by atoms with E-state index in [2.05, 4.69) is 0 Å². The average molecular weight is 284 g/mol. The highest BCUT2D eigenvalue weighted by molar-refractivity contribution is 5.69. The van der Waals surface area contributed by atoms with E-state index in [-0.39, 0.29) is 5.56 Å². The molecule has 0 spiro atoms. The van der Waals surface area contributed by atoms with E-state index in [1.54, 1.807) is 17.7 Å². The zero-order valence-electron chi connectivity index (χ0n) is 12.2. The number of ether oxygens (including phenoxy) is 1. The van der Waals surface area contributed by atoms with Gasteiger partial charge >= 0.3 is 0 Å². The molecule has 1 aromatic carbocycles. The van der Waals surface area contributed by atoms with Gasteiger partial charge in [-0.05, 0) is 42.3 Å². The van der Waals surface area contributed by atoms with Crippen LogP contribution in [0.3, 0.4) is 0 Å². The minimum absolute atomic E-state index is 0.00348. The minimum atomic E-state index is -0.00348. The lowest BCUT2D eigenvalue weighted by molar-refractivity contribution is 0.414. The fourth-order valence-corrected chi connectivity index (χ4v) is 2.01. The molecule has 0 aliphatic carbocycles. The quantitative estimate of drug-likeness (QED) is 0.886. The molecule has 2 N–H and O–H groups in total. The van der Waals surface area contributed by atoms with Crippen LogP contribution >= 0.6 is 0 Å². The summed E-state index contributed by atoms with van der Waals surface area (Å²) in [5.41, 5.74) is 7.36. The third-order valence-electron chi connectivity index (χ3n) is 3.19. The summed E-state index contributed by atoms with van der Waals surface area (Å²) in [4.78, 5) is 11.9. The van der Waals surface area contributed by atoms with Gasteiger partial charge in [0.25, 0.3) is 5.56 Å². The van der Waals surface area contributed by atoms with Crippen LogP contribution in [-0.2, 0) is 6.54 Å². The fraction of sp³-hybridized carbons (Fsp3) is 0.235. The van der Waals surface area contributed by atoms with Crippen LogP contribution in [0.1, 0.15) is 17.5 Å². The largest absolute Gasteiger partial charge is 0.497 e. The first-order valence-corrected chi connectivity index (χ1v) is 6.95. The van der Waals surface area contributed by atoms with Crippen molar-refractivity contribution in [1.29, 1.82) is 0 Å². The molecule has 0 radical (unpaired) electrons. The zero-order chi connectivity index (χ0) is 15.1. The molecule has 0 atom stereocenters. The van der Waals surface area contributed by atoms with Crippen molar-refractivity contribution in [2.75, 3.05) is 13.7 Å². The van der Waals surface area contributed by atoms with Crippen molar-refractivity contribution in [3.8, 4) is 5.75 Å². The minimum Gasteiger partial charge on any atom is -0.497 e. The molecule has 1 aromatic heterocycles. The fourth-order valence-electron chi connectivity index (χ4n) is 2.01. The number of rotatable bonds is 6. The summed E-state index contributed by atoms with van der Waals surface area (Å²) in [6.07, 6.45) is 6.49. The number of nitrogens with two attached hydrogens (primary N) is 1. The van der Waals surface area contributed by atoms with Crippen molar-refractivity contribution in [3.05, 3.63) is 64.1 Å². The standard InChI is InChI=1S/C17H20N2O2/c1-21-16-5-2-4-14(12-16)6-7-15-8-11-19(10-3-9-18)17(20)13-15/h2,4-8,11-13H,3,9-10,18H2,1H3/b7-6+. The molecular weight excluding hydrogens is 264 g/mol. The Morgan fingerprint density at radius 1 is 1.19 bits per heavy atom. The van der Waals surface area contributed by atoms with Crippen LogP contribution in [0.25, 0.3) is 12.2 Å². The molecule has 110 valence electrons. The highest BCUT2D eigenvalue weighted by atomic mass is 16.5. The van der Waals surface area contributed by atoms with Crippen LogP contribution in [-0.4, -0.2) is 18.2 Å². The maximum Gasteiger partial charge on any atom is 0.251 e. The third-order valence-corrected chi connectivity index (χ3v) is 3.19. The van der Waals surface area contributed by atoms with Gasteiger partial charge in [-0.2, -0.15) is 0 Å².